The van der Waals surface area contributed by atoms with Gasteiger partial charge < -0.3 is 11.5 Å². The first-order chi connectivity index (χ1) is 5.24. The van der Waals surface area contributed by atoms with Crippen molar-refractivity contribution in [2.24, 2.45) is 0 Å². The molecule has 0 saturated carbocycles. The lowest BCUT2D eigenvalue weighted by Gasteiger charge is -2.00. The third-order valence-corrected chi connectivity index (χ3v) is 1.55. The highest BCUT2D eigenvalue weighted by Crippen LogP contribution is 2.08. The fraction of sp³-hybridized carbons (Fsp3) is 0.571. The average molecular weight is 154 g/mol. The number of nitrogen functional groups attached to an aromatic ring is 2. The number of anilines is 2. The summed E-state index contributed by atoms with van der Waals surface area (Å²) in [5.41, 5.74) is 11.0. The van der Waals surface area contributed by atoms with E-state index in [2.05, 4.69) is 12.0 Å². The summed E-state index contributed by atoms with van der Waals surface area (Å²) in [6.45, 7) is 2.99. The van der Waals surface area contributed by atoms with E-state index in [4.69, 9.17) is 11.5 Å². The molecule has 0 radical (unpaired) electrons. The minimum Gasteiger partial charge on any atom is -0.384 e. The molecule has 11 heavy (non-hydrogen) atoms. The van der Waals surface area contributed by atoms with E-state index >= 15 is 0 Å². The van der Waals surface area contributed by atoms with Crippen LogP contribution in [0.3, 0.4) is 0 Å². The molecule has 0 aliphatic heterocycles. The summed E-state index contributed by atoms with van der Waals surface area (Å²) in [6, 6.07) is 1.68. The van der Waals surface area contributed by atoms with E-state index in [-0.39, 0.29) is 0 Å². The molecule has 1 rings (SSSR count). The number of unbranched alkanes of at least 4 members (excludes halogenated alkanes) is 1. The van der Waals surface area contributed by atoms with E-state index in [9.17, 15) is 0 Å². The van der Waals surface area contributed by atoms with Crippen LogP contribution in [0, 0.1) is 0 Å². The molecule has 0 spiro atoms. The Hall–Kier alpha value is -1.19. The van der Waals surface area contributed by atoms with Crippen molar-refractivity contribution in [1.82, 2.24) is 9.78 Å². The molecule has 0 saturated heterocycles. The molecule has 62 valence electrons. The fourth-order valence-electron chi connectivity index (χ4n) is 0.939. The zero-order valence-electron chi connectivity index (χ0n) is 6.75. The number of nitrogens with two attached hydrogens (primary N) is 2. The maximum absolute atomic E-state index is 5.60. The van der Waals surface area contributed by atoms with Crippen LogP contribution in [0.5, 0.6) is 0 Å². The third-order valence-electron chi connectivity index (χ3n) is 1.55. The Morgan fingerprint density at radius 3 is 2.73 bits per heavy atom. The van der Waals surface area contributed by atoms with Crippen LogP contribution >= 0.6 is 0 Å². The quantitative estimate of drug-likeness (QED) is 0.678. The molecule has 0 aromatic carbocycles. The van der Waals surface area contributed by atoms with Gasteiger partial charge in [0.1, 0.15) is 11.6 Å². The molecule has 1 aromatic rings. The third kappa shape index (κ3) is 1.86. The van der Waals surface area contributed by atoms with Crippen LogP contribution < -0.4 is 11.5 Å². The molecule has 0 atom stereocenters. The van der Waals surface area contributed by atoms with Crippen LogP contribution in [0.15, 0.2) is 6.07 Å². The largest absolute Gasteiger partial charge is 0.384 e. The summed E-state index contributed by atoms with van der Waals surface area (Å²) in [6.07, 6.45) is 2.23. The lowest BCUT2D eigenvalue weighted by atomic mass is 10.3. The molecular weight excluding hydrogens is 140 g/mol. The summed E-state index contributed by atoms with van der Waals surface area (Å²) in [4.78, 5) is 0. The van der Waals surface area contributed by atoms with Crippen LogP contribution in [0.1, 0.15) is 19.8 Å². The van der Waals surface area contributed by atoms with Crippen molar-refractivity contribution in [3.8, 4) is 0 Å². The van der Waals surface area contributed by atoms with Gasteiger partial charge in [0, 0.05) is 12.6 Å². The van der Waals surface area contributed by atoms with Crippen molar-refractivity contribution in [1.29, 1.82) is 0 Å². The van der Waals surface area contributed by atoms with E-state index in [1.165, 1.54) is 0 Å². The predicted octanol–water partition coefficient (Wildman–Crippen LogP) is 0.848. The molecule has 4 N–H and O–H groups in total. The summed E-state index contributed by atoms with van der Waals surface area (Å²) in [5, 5.41) is 4.02. The van der Waals surface area contributed by atoms with Crippen molar-refractivity contribution in [3.05, 3.63) is 6.07 Å². The zero-order valence-corrected chi connectivity index (χ0v) is 6.75. The molecule has 4 heteroatoms. The molecule has 0 amide bonds. The van der Waals surface area contributed by atoms with Crippen LogP contribution in [-0.4, -0.2) is 9.78 Å². The van der Waals surface area contributed by atoms with Crippen LogP contribution in [0.25, 0.3) is 0 Å². The second-order valence-corrected chi connectivity index (χ2v) is 2.57. The summed E-state index contributed by atoms with van der Waals surface area (Å²) in [5.74, 6) is 1.15. The number of rotatable bonds is 3. The molecule has 0 bridgehead atoms. The molecule has 4 nitrogen and oxygen atoms in total. The van der Waals surface area contributed by atoms with Gasteiger partial charge in [-0.25, -0.2) is 4.68 Å². The Kier molecular flexibility index (Phi) is 2.36. The molecule has 0 aliphatic carbocycles. The smallest absolute Gasteiger partial charge is 0.147 e. The van der Waals surface area contributed by atoms with Crippen molar-refractivity contribution < 1.29 is 0 Å². The molecule has 0 fully saturated rings. The van der Waals surface area contributed by atoms with Crippen molar-refractivity contribution in [3.63, 3.8) is 0 Å². The first-order valence-electron chi connectivity index (χ1n) is 3.83. The Bertz CT molecular complexity index is 228. The van der Waals surface area contributed by atoms with E-state index in [0.29, 0.717) is 11.6 Å². The lowest BCUT2D eigenvalue weighted by molar-refractivity contribution is 0.581. The highest BCUT2D eigenvalue weighted by atomic mass is 15.3. The Labute approximate surface area is 66.2 Å². The van der Waals surface area contributed by atoms with Gasteiger partial charge in [0.25, 0.3) is 0 Å². The van der Waals surface area contributed by atoms with Gasteiger partial charge in [-0.15, -0.1) is 0 Å². The first kappa shape index (κ1) is 7.91. The monoisotopic (exact) mass is 154 g/mol. The van der Waals surface area contributed by atoms with Crippen molar-refractivity contribution in [2.75, 3.05) is 11.5 Å². The fourth-order valence-corrected chi connectivity index (χ4v) is 0.939. The Morgan fingerprint density at radius 2 is 2.27 bits per heavy atom. The molecule has 1 aromatic heterocycles. The standard InChI is InChI=1S/C7H14N4/c1-2-3-4-11-7(9)5-6(8)10-11/h5H,2-4,9H2,1H3,(H2,8,10). The maximum atomic E-state index is 5.60. The average Bonchev–Trinajstić information content (AvgIpc) is 2.26. The number of hydrogen-bond donors (Lipinski definition) is 2. The molecule has 0 aliphatic rings. The molecule has 1 heterocycles. The summed E-state index contributed by atoms with van der Waals surface area (Å²) >= 11 is 0. The first-order valence-corrected chi connectivity index (χ1v) is 3.83. The molecular formula is C7H14N4. The minimum absolute atomic E-state index is 0.499. The summed E-state index contributed by atoms with van der Waals surface area (Å²) < 4.78 is 1.73. The number of nitrogens with zero attached hydrogens (tertiary/aromatic N) is 2. The van der Waals surface area contributed by atoms with Gasteiger partial charge in [0.2, 0.25) is 0 Å². The van der Waals surface area contributed by atoms with Gasteiger partial charge in [-0.3, -0.25) is 0 Å². The highest BCUT2D eigenvalue weighted by Gasteiger charge is 1.99. The van der Waals surface area contributed by atoms with E-state index in [0.717, 1.165) is 19.4 Å². The van der Waals surface area contributed by atoms with Gasteiger partial charge in [-0.1, -0.05) is 13.3 Å². The van der Waals surface area contributed by atoms with E-state index in [1.54, 1.807) is 10.7 Å². The Balaban J connectivity index is 2.62. The Morgan fingerprint density at radius 1 is 1.55 bits per heavy atom. The number of aryl methyl sites for hydroxylation is 1. The number of hydrogen-bond acceptors (Lipinski definition) is 3. The van der Waals surface area contributed by atoms with Crippen molar-refractivity contribution >= 4 is 11.6 Å². The zero-order chi connectivity index (χ0) is 8.27. The van der Waals surface area contributed by atoms with Gasteiger partial charge in [0.15, 0.2) is 0 Å². The second-order valence-electron chi connectivity index (χ2n) is 2.57. The predicted molar refractivity (Wildman–Crippen MR) is 46.0 cm³/mol. The van der Waals surface area contributed by atoms with Crippen LogP contribution in [0.4, 0.5) is 11.6 Å². The van der Waals surface area contributed by atoms with Gasteiger partial charge in [-0.2, -0.15) is 5.10 Å². The van der Waals surface area contributed by atoms with E-state index < -0.39 is 0 Å². The molecule has 0 unspecified atom stereocenters. The van der Waals surface area contributed by atoms with Gasteiger partial charge >= 0.3 is 0 Å². The van der Waals surface area contributed by atoms with E-state index in [1.807, 2.05) is 0 Å². The van der Waals surface area contributed by atoms with Crippen molar-refractivity contribution in [2.45, 2.75) is 26.3 Å². The minimum atomic E-state index is 0.499. The van der Waals surface area contributed by atoms with Crippen LogP contribution in [0.2, 0.25) is 0 Å². The maximum Gasteiger partial charge on any atom is 0.147 e. The van der Waals surface area contributed by atoms with Gasteiger partial charge in [0.05, 0.1) is 0 Å². The highest BCUT2D eigenvalue weighted by molar-refractivity contribution is 5.41. The summed E-state index contributed by atoms with van der Waals surface area (Å²) in [7, 11) is 0. The number of aromatic nitrogens is 2. The van der Waals surface area contributed by atoms with Crippen LogP contribution in [-0.2, 0) is 6.54 Å². The SMILES string of the molecule is CCCCn1nc(N)cc1N. The topological polar surface area (TPSA) is 69.9 Å². The van der Waals surface area contributed by atoms with Gasteiger partial charge in [-0.05, 0) is 6.42 Å². The lowest BCUT2D eigenvalue weighted by Crippen LogP contribution is -2.04. The second kappa shape index (κ2) is 3.27. The normalized spacial score (nSPS) is 10.3.